The quantitative estimate of drug-likeness (QED) is 0.569. The lowest BCUT2D eigenvalue weighted by molar-refractivity contribution is -0.126. The molecule has 0 radical (unpaired) electrons. The Hall–Kier alpha value is -3.19. The molecule has 176 valence electrons. The zero-order chi connectivity index (χ0) is 23.9. The zero-order valence-corrected chi connectivity index (χ0v) is 19.0. The number of fused-ring (bicyclic) bond motifs is 1. The minimum atomic E-state index is -4.25. The predicted molar refractivity (Wildman–Crippen MR) is 123 cm³/mol. The van der Waals surface area contributed by atoms with E-state index in [1.165, 1.54) is 6.33 Å². The van der Waals surface area contributed by atoms with E-state index in [0.717, 1.165) is 49.3 Å². The molecule has 10 heteroatoms. The molecule has 34 heavy (non-hydrogen) atoms. The highest BCUT2D eigenvalue weighted by molar-refractivity contribution is 7.18. The molecule has 6 nitrogen and oxygen atoms in total. The van der Waals surface area contributed by atoms with Crippen LogP contribution in [-0.2, 0) is 12.8 Å². The second-order valence-corrected chi connectivity index (χ2v) is 10.3. The van der Waals surface area contributed by atoms with Crippen LogP contribution in [0.15, 0.2) is 36.7 Å². The normalized spacial score (nSPS) is 19.2. The Morgan fingerprint density at radius 1 is 1.26 bits per heavy atom. The number of anilines is 1. The molecule has 2 aliphatic rings. The summed E-state index contributed by atoms with van der Waals surface area (Å²) in [6.07, 6.45) is -0.754. The van der Waals surface area contributed by atoms with Crippen molar-refractivity contribution in [1.82, 2.24) is 15.3 Å². The second-order valence-electron chi connectivity index (χ2n) is 9.22. The van der Waals surface area contributed by atoms with E-state index in [2.05, 4.69) is 26.3 Å². The van der Waals surface area contributed by atoms with Crippen molar-refractivity contribution in [2.24, 2.45) is 5.41 Å². The molecule has 1 spiro atoms. The first kappa shape index (κ1) is 22.6. The third-order valence-corrected chi connectivity index (χ3v) is 7.67. The number of hydrogen-bond donors (Lipinski definition) is 1. The highest BCUT2D eigenvalue weighted by Gasteiger charge is 2.49. The van der Waals surface area contributed by atoms with E-state index >= 15 is 0 Å². The summed E-state index contributed by atoms with van der Waals surface area (Å²) in [7, 11) is 0. The fourth-order valence-electron chi connectivity index (χ4n) is 5.09. The predicted octanol–water partition coefficient (Wildman–Crippen LogP) is 4.65. The Bertz CT molecular complexity index is 1260. The smallest absolute Gasteiger partial charge is 0.355 e. The lowest BCUT2D eigenvalue weighted by Gasteiger charge is -2.49. The Balaban J connectivity index is 1.21. The van der Waals surface area contributed by atoms with Crippen LogP contribution in [0.5, 0.6) is 0 Å². The highest BCUT2D eigenvalue weighted by Crippen LogP contribution is 2.48. The van der Waals surface area contributed by atoms with Gasteiger partial charge < -0.3 is 10.2 Å². The van der Waals surface area contributed by atoms with E-state index in [0.29, 0.717) is 28.0 Å². The summed E-state index contributed by atoms with van der Waals surface area (Å²) in [6.45, 7) is 1.53. The van der Waals surface area contributed by atoms with E-state index in [1.807, 2.05) is 0 Å². The van der Waals surface area contributed by atoms with Gasteiger partial charge in [0.1, 0.15) is 17.0 Å². The number of rotatable bonds is 5. The number of nitriles is 1. The fraction of sp³-hybridized carbons (Fsp3) is 0.417. The summed E-state index contributed by atoms with van der Waals surface area (Å²) in [5.41, 5.74) is 1.54. The van der Waals surface area contributed by atoms with Crippen molar-refractivity contribution in [2.45, 2.75) is 44.3 Å². The van der Waals surface area contributed by atoms with Crippen molar-refractivity contribution in [1.29, 1.82) is 5.26 Å². The third kappa shape index (κ3) is 4.57. The summed E-state index contributed by atoms with van der Waals surface area (Å²) in [5.74, 6) is 0.569. The molecule has 1 aliphatic heterocycles. The number of halogens is 3. The molecule has 1 unspecified atom stereocenters. The SMILES string of the molecule is N#CCc1ccc(C(=O)NC2CCC3(C2)CN(c2ncnc4sc(CC(F)(F)F)cc24)C3)cc1. The van der Waals surface area contributed by atoms with Gasteiger partial charge >= 0.3 is 6.18 Å². The van der Waals surface area contributed by atoms with Gasteiger partial charge in [-0.1, -0.05) is 12.1 Å². The number of hydrogen-bond acceptors (Lipinski definition) is 6. The van der Waals surface area contributed by atoms with Crippen LogP contribution < -0.4 is 10.2 Å². The number of alkyl halides is 3. The molecule has 2 aromatic heterocycles. The number of carbonyl (C=O) groups is 1. The molecular weight excluding hydrogens is 463 g/mol. The summed E-state index contributed by atoms with van der Waals surface area (Å²) in [4.78, 5) is 24.1. The van der Waals surface area contributed by atoms with Gasteiger partial charge in [0, 0.05) is 35.0 Å². The first-order valence-electron chi connectivity index (χ1n) is 11.1. The Morgan fingerprint density at radius 3 is 2.74 bits per heavy atom. The van der Waals surface area contributed by atoms with Gasteiger partial charge in [0.2, 0.25) is 0 Å². The van der Waals surface area contributed by atoms with Gasteiger partial charge in [-0.05, 0) is 43.0 Å². The van der Waals surface area contributed by atoms with E-state index in [4.69, 9.17) is 5.26 Å². The van der Waals surface area contributed by atoms with E-state index in [1.54, 1.807) is 30.3 Å². The van der Waals surface area contributed by atoms with Crippen LogP contribution in [0.4, 0.5) is 19.0 Å². The molecule has 3 heterocycles. The van der Waals surface area contributed by atoms with Gasteiger partial charge in [0.15, 0.2) is 0 Å². The van der Waals surface area contributed by atoms with E-state index in [9.17, 15) is 18.0 Å². The Morgan fingerprint density at radius 2 is 2.03 bits per heavy atom. The van der Waals surface area contributed by atoms with Crippen LogP contribution in [0.3, 0.4) is 0 Å². The second kappa shape index (κ2) is 8.55. The van der Waals surface area contributed by atoms with Crippen LogP contribution in [0.1, 0.15) is 40.1 Å². The molecule has 1 atom stereocenters. The van der Waals surface area contributed by atoms with Gasteiger partial charge in [0.05, 0.1) is 24.3 Å². The van der Waals surface area contributed by atoms with Gasteiger partial charge in [-0.3, -0.25) is 4.79 Å². The average Bonchev–Trinajstić information content (AvgIpc) is 3.36. The van der Waals surface area contributed by atoms with Crippen molar-refractivity contribution < 1.29 is 18.0 Å². The number of nitrogens with one attached hydrogen (secondary N) is 1. The summed E-state index contributed by atoms with van der Waals surface area (Å²) < 4.78 is 38.4. The van der Waals surface area contributed by atoms with Gasteiger partial charge in [0.25, 0.3) is 5.91 Å². The number of benzene rings is 1. The lowest BCUT2D eigenvalue weighted by atomic mass is 9.78. The average molecular weight is 486 g/mol. The zero-order valence-electron chi connectivity index (χ0n) is 18.2. The topological polar surface area (TPSA) is 81.9 Å². The van der Waals surface area contributed by atoms with Crippen molar-refractivity contribution in [2.75, 3.05) is 18.0 Å². The first-order chi connectivity index (χ1) is 16.2. The summed E-state index contributed by atoms with van der Waals surface area (Å²) >= 11 is 1.06. The molecule has 1 saturated heterocycles. The van der Waals surface area contributed by atoms with Gasteiger partial charge in [-0.25, -0.2) is 9.97 Å². The minimum absolute atomic E-state index is 0.0801. The van der Waals surface area contributed by atoms with Crippen LogP contribution in [0.2, 0.25) is 0 Å². The standard InChI is InChI=1S/C24H22F3N5OS/c25-24(26,27)11-18-9-19-20(29-14-30-22(19)34-18)32-12-23(13-32)7-5-17(10-23)31-21(33)16-3-1-15(2-4-16)6-8-28/h1-4,9,14,17H,5-7,10-13H2,(H,31,33). The molecule has 1 N–H and O–H groups in total. The molecular formula is C24H22F3N5OS. The maximum atomic E-state index is 12.8. The monoisotopic (exact) mass is 485 g/mol. The van der Waals surface area contributed by atoms with Crippen molar-refractivity contribution in [3.8, 4) is 6.07 Å². The number of carbonyl (C=O) groups excluding carboxylic acids is 1. The summed E-state index contributed by atoms with van der Waals surface area (Å²) in [5, 5.41) is 12.6. The Labute approximate surface area is 198 Å². The van der Waals surface area contributed by atoms with Crippen LogP contribution >= 0.6 is 11.3 Å². The van der Waals surface area contributed by atoms with Crippen LogP contribution in [0.25, 0.3) is 10.2 Å². The van der Waals surface area contributed by atoms with Gasteiger partial charge in [-0.15, -0.1) is 11.3 Å². The van der Waals surface area contributed by atoms with Crippen molar-refractivity contribution in [3.63, 3.8) is 0 Å². The largest absolute Gasteiger partial charge is 0.393 e. The minimum Gasteiger partial charge on any atom is -0.355 e. The first-order valence-corrected chi connectivity index (χ1v) is 11.9. The highest BCUT2D eigenvalue weighted by atomic mass is 32.1. The van der Waals surface area contributed by atoms with Crippen molar-refractivity contribution in [3.05, 3.63) is 52.7 Å². The van der Waals surface area contributed by atoms with E-state index in [-0.39, 0.29) is 22.2 Å². The molecule has 5 rings (SSSR count). The van der Waals surface area contributed by atoms with E-state index < -0.39 is 12.6 Å². The van der Waals surface area contributed by atoms with Crippen LogP contribution in [0, 0.1) is 16.7 Å². The number of amides is 1. The maximum absolute atomic E-state index is 12.8. The maximum Gasteiger partial charge on any atom is 0.393 e. The molecule has 0 bridgehead atoms. The molecule has 1 amide bonds. The molecule has 3 aromatic rings. The van der Waals surface area contributed by atoms with Crippen molar-refractivity contribution >= 4 is 33.3 Å². The van der Waals surface area contributed by atoms with Gasteiger partial charge in [-0.2, -0.15) is 18.4 Å². The Kier molecular flexibility index (Phi) is 5.68. The molecule has 1 saturated carbocycles. The number of nitrogens with zero attached hydrogens (tertiary/aromatic N) is 4. The number of aromatic nitrogens is 2. The molecule has 1 aliphatic carbocycles. The molecule has 1 aromatic carbocycles. The molecule has 2 fully saturated rings. The summed E-state index contributed by atoms with van der Waals surface area (Å²) in [6, 6.07) is 10.8. The van der Waals surface area contributed by atoms with Crippen LogP contribution in [-0.4, -0.2) is 41.2 Å². The third-order valence-electron chi connectivity index (χ3n) is 6.62. The fourth-order valence-corrected chi connectivity index (χ4v) is 6.12. The lowest BCUT2D eigenvalue weighted by Crippen LogP contribution is -2.56. The number of thiophene rings is 1.